The lowest BCUT2D eigenvalue weighted by molar-refractivity contribution is -0.120. The summed E-state index contributed by atoms with van der Waals surface area (Å²) in [5.41, 5.74) is 7.96. The highest BCUT2D eigenvalue weighted by Gasteiger charge is 2.25. The van der Waals surface area contributed by atoms with E-state index in [4.69, 9.17) is 5.73 Å². The van der Waals surface area contributed by atoms with Crippen LogP contribution in [0, 0.1) is 5.92 Å². The number of carbonyl (C=O) groups is 1. The molecule has 0 aliphatic heterocycles. The molecule has 3 nitrogen and oxygen atoms in total. The fraction of sp³-hybridized carbons (Fsp3) is 0.353. The number of nitrogens with one attached hydrogen (secondary N) is 1. The lowest BCUT2D eigenvalue weighted by Gasteiger charge is -2.26. The van der Waals surface area contributed by atoms with Crippen molar-refractivity contribution in [1.82, 2.24) is 0 Å². The van der Waals surface area contributed by atoms with E-state index in [1.165, 1.54) is 4.88 Å². The van der Waals surface area contributed by atoms with Crippen molar-refractivity contribution in [3.8, 4) is 10.4 Å². The van der Waals surface area contributed by atoms with E-state index in [1.807, 2.05) is 35.7 Å². The molecule has 1 fully saturated rings. The molecule has 118 valence electrons. The first-order chi connectivity index (χ1) is 10.2. The zero-order valence-corrected chi connectivity index (χ0v) is 14.0. The van der Waals surface area contributed by atoms with Crippen LogP contribution in [0.5, 0.6) is 0 Å². The van der Waals surface area contributed by atoms with E-state index in [9.17, 15) is 4.79 Å². The second-order valence-corrected chi connectivity index (χ2v) is 6.58. The summed E-state index contributed by atoms with van der Waals surface area (Å²) >= 11 is 1.68. The summed E-state index contributed by atoms with van der Waals surface area (Å²) < 4.78 is 0. The number of amides is 1. The highest BCUT2D eigenvalue weighted by molar-refractivity contribution is 7.13. The van der Waals surface area contributed by atoms with Gasteiger partial charge in [0.25, 0.3) is 0 Å². The average molecular weight is 337 g/mol. The maximum atomic E-state index is 12.5. The minimum absolute atomic E-state index is 0. The third-order valence-corrected chi connectivity index (χ3v) is 4.96. The molecule has 22 heavy (non-hydrogen) atoms. The molecule has 3 rings (SSSR count). The fourth-order valence-electron chi connectivity index (χ4n) is 2.94. The van der Waals surface area contributed by atoms with Gasteiger partial charge in [-0.2, -0.15) is 0 Å². The number of hydrogen-bond donors (Lipinski definition) is 2. The van der Waals surface area contributed by atoms with E-state index in [1.54, 1.807) is 11.3 Å². The van der Waals surface area contributed by atoms with Gasteiger partial charge in [0.1, 0.15) is 0 Å². The zero-order chi connectivity index (χ0) is 14.7. The molecule has 1 amide bonds. The predicted octanol–water partition coefficient (Wildman–Crippen LogP) is 4.29. The molecule has 2 atom stereocenters. The Morgan fingerprint density at radius 3 is 2.73 bits per heavy atom. The first-order valence-corrected chi connectivity index (χ1v) is 8.31. The Bertz CT molecular complexity index is 615. The van der Waals surface area contributed by atoms with Gasteiger partial charge in [0.05, 0.1) is 0 Å². The first kappa shape index (κ1) is 17.0. The molecule has 3 N–H and O–H groups in total. The normalized spacial score (nSPS) is 21.0. The number of carbonyl (C=O) groups excluding carboxylic acids is 1. The van der Waals surface area contributed by atoms with Gasteiger partial charge in [-0.15, -0.1) is 23.7 Å². The lowest BCUT2D eigenvalue weighted by Crippen LogP contribution is -2.34. The number of thiophene rings is 1. The second kappa shape index (κ2) is 7.77. The summed E-state index contributed by atoms with van der Waals surface area (Å²) in [5.74, 6) is 0.152. The largest absolute Gasteiger partial charge is 0.328 e. The Morgan fingerprint density at radius 2 is 2.00 bits per heavy atom. The topological polar surface area (TPSA) is 55.1 Å². The molecule has 1 heterocycles. The number of nitrogens with two attached hydrogens (primary N) is 1. The van der Waals surface area contributed by atoms with E-state index in [0.29, 0.717) is 0 Å². The second-order valence-electron chi connectivity index (χ2n) is 5.64. The van der Waals surface area contributed by atoms with E-state index in [0.717, 1.165) is 36.9 Å². The highest BCUT2D eigenvalue weighted by atomic mass is 35.5. The zero-order valence-electron chi connectivity index (χ0n) is 12.3. The molecule has 1 aromatic heterocycles. The Balaban J connectivity index is 0.00000176. The van der Waals surface area contributed by atoms with Gasteiger partial charge in [0.2, 0.25) is 5.91 Å². The van der Waals surface area contributed by atoms with Crippen LogP contribution in [0.2, 0.25) is 0 Å². The van der Waals surface area contributed by atoms with E-state index in [2.05, 4.69) is 11.4 Å². The molecule has 0 saturated heterocycles. The van der Waals surface area contributed by atoms with Crippen LogP contribution in [0.4, 0.5) is 5.69 Å². The molecule has 0 spiro atoms. The Labute approximate surface area is 141 Å². The molecule has 2 aromatic rings. The smallest absolute Gasteiger partial charge is 0.227 e. The monoisotopic (exact) mass is 336 g/mol. The number of halogens is 1. The Morgan fingerprint density at radius 1 is 1.18 bits per heavy atom. The summed E-state index contributed by atoms with van der Waals surface area (Å²) in [5, 5.41) is 5.15. The number of benzene rings is 1. The van der Waals surface area contributed by atoms with Crippen molar-refractivity contribution in [2.24, 2.45) is 11.7 Å². The van der Waals surface area contributed by atoms with Crippen molar-refractivity contribution in [3.63, 3.8) is 0 Å². The molecule has 1 aliphatic rings. The summed E-state index contributed by atoms with van der Waals surface area (Å²) in [6.07, 6.45) is 3.83. The van der Waals surface area contributed by atoms with Gasteiger partial charge in [-0.05, 0) is 36.8 Å². The van der Waals surface area contributed by atoms with Crippen LogP contribution in [0.15, 0.2) is 41.8 Å². The minimum atomic E-state index is 0. The summed E-state index contributed by atoms with van der Waals surface area (Å²) in [7, 11) is 0. The predicted molar refractivity (Wildman–Crippen MR) is 95.6 cm³/mol. The first-order valence-electron chi connectivity index (χ1n) is 7.43. The average Bonchev–Trinajstić information content (AvgIpc) is 3.02. The number of hydrogen-bond acceptors (Lipinski definition) is 3. The Hall–Kier alpha value is -1.36. The van der Waals surface area contributed by atoms with Crippen LogP contribution >= 0.6 is 23.7 Å². The third kappa shape index (κ3) is 3.88. The van der Waals surface area contributed by atoms with Crippen LogP contribution in [0.3, 0.4) is 0 Å². The van der Waals surface area contributed by atoms with Gasteiger partial charge in [-0.1, -0.05) is 30.7 Å². The summed E-state index contributed by atoms with van der Waals surface area (Å²) in [6.45, 7) is 0. The SMILES string of the molecule is Cl.NC1CCCC(C(=O)Nc2ccccc2-c2cccs2)C1. The van der Waals surface area contributed by atoms with Crippen molar-refractivity contribution >= 4 is 35.3 Å². The van der Waals surface area contributed by atoms with Gasteiger partial charge < -0.3 is 11.1 Å². The van der Waals surface area contributed by atoms with Crippen molar-refractivity contribution in [1.29, 1.82) is 0 Å². The molecule has 1 aliphatic carbocycles. The van der Waals surface area contributed by atoms with Crippen molar-refractivity contribution in [2.75, 3.05) is 5.32 Å². The standard InChI is InChI=1S/C17H20N2OS.ClH/c18-13-6-3-5-12(11-13)17(20)19-15-8-2-1-7-14(15)16-9-4-10-21-16;/h1-2,4,7-10,12-13H,3,5-6,11,18H2,(H,19,20);1H. The van der Waals surface area contributed by atoms with Crippen molar-refractivity contribution in [3.05, 3.63) is 41.8 Å². The maximum absolute atomic E-state index is 12.5. The number of rotatable bonds is 3. The molecule has 1 saturated carbocycles. The molecule has 1 aromatic carbocycles. The van der Waals surface area contributed by atoms with Gasteiger partial charge in [-0.25, -0.2) is 0 Å². The maximum Gasteiger partial charge on any atom is 0.227 e. The van der Waals surface area contributed by atoms with Crippen LogP contribution in [0.1, 0.15) is 25.7 Å². The van der Waals surface area contributed by atoms with E-state index >= 15 is 0 Å². The number of para-hydroxylation sites is 1. The van der Waals surface area contributed by atoms with Crippen LogP contribution in [0.25, 0.3) is 10.4 Å². The molecule has 0 radical (unpaired) electrons. The third-order valence-electron chi connectivity index (χ3n) is 4.06. The van der Waals surface area contributed by atoms with Gasteiger partial charge in [0.15, 0.2) is 0 Å². The van der Waals surface area contributed by atoms with Gasteiger partial charge in [-0.3, -0.25) is 4.79 Å². The highest BCUT2D eigenvalue weighted by Crippen LogP contribution is 2.32. The van der Waals surface area contributed by atoms with Crippen LogP contribution in [-0.4, -0.2) is 11.9 Å². The molecule has 0 bridgehead atoms. The molecular weight excluding hydrogens is 316 g/mol. The minimum Gasteiger partial charge on any atom is -0.328 e. The number of anilines is 1. The molecule has 2 unspecified atom stereocenters. The van der Waals surface area contributed by atoms with Crippen molar-refractivity contribution in [2.45, 2.75) is 31.7 Å². The summed E-state index contributed by atoms with van der Waals surface area (Å²) in [6, 6.07) is 12.2. The molecular formula is C17H21ClN2OS. The van der Waals surface area contributed by atoms with Crippen LogP contribution < -0.4 is 11.1 Å². The van der Waals surface area contributed by atoms with Gasteiger partial charge >= 0.3 is 0 Å². The van der Waals surface area contributed by atoms with Crippen molar-refractivity contribution < 1.29 is 4.79 Å². The van der Waals surface area contributed by atoms with E-state index in [-0.39, 0.29) is 30.3 Å². The Kier molecular flexibility index (Phi) is 6.00. The molecule has 5 heteroatoms. The fourth-order valence-corrected chi connectivity index (χ4v) is 3.71. The lowest BCUT2D eigenvalue weighted by atomic mass is 9.85. The van der Waals surface area contributed by atoms with E-state index < -0.39 is 0 Å². The summed E-state index contributed by atoms with van der Waals surface area (Å²) in [4.78, 5) is 13.6. The van der Waals surface area contributed by atoms with Gasteiger partial charge in [0, 0.05) is 28.1 Å². The van der Waals surface area contributed by atoms with Crippen LogP contribution in [-0.2, 0) is 4.79 Å². The quantitative estimate of drug-likeness (QED) is 0.878.